The van der Waals surface area contributed by atoms with Crippen LogP contribution in [0.5, 0.6) is 0 Å². The third-order valence-corrected chi connectivity index (χ3v) is 8.65. The summed E-state index contributed by atoms with van der Waals surface area (Å²) >= 11 is 6.85. The first-order valence-corrected chi connectivity index (χ1v) is 12.0. The molecule has 14 heteroatoms. The van der Waals surface area contributed by atoms with Gasteiger partial charge < -0.3 is 4.90 Å². The van der Waals surface area contributed by atoms with Crippen molar-refractivity contribution in [3.05, 3.63) is 62.2 Å². The van der Waals surface area contributed by atoms with Crippen LogP contribution in [0.4, 0.5) is 5.69 Å². The Morgan fingerprint density at radius 3 is 2.53 bits per heavy atom. The molecule has 1 aromatic carbocycles. The van der Waals surface area contributed by atoms with Crippen molar-refractivity contribution in [1.29, 1.82) is 0 Å². The first kappa shape index (κ1) is 22.3. The Balaban J connectivity index is 1.49. The van der Waals surface area contributed by atoms with Gasteiger partial charge in [0.15, 0.2) is 5.69 Å². The quantitative estimate of drug-likeness (QED) is 0.391. The second kappa shape index (κ2) is 8.58. The minimum absolute atomic E-state index is 0.102. The second-order valence-corrected chi connectivity index (χ2v) is 10.8. The number of benzene rings is 1. The van der Waals surface area contributed by atoms with Gasteiger partial charge in [-0.1, -0.05) is 22.9 Å². The van der Waals surface area contributed by atoms with E-state index in [9.17, 15) is 23.3 Å². The van der Waals surface area contributed by atoms with Gasteiger partial charge in [0.25, 0.3) is 21.6 Å². The van der Waals surface area contributed by atoms with Gasteiger partial charge in [0, 0.05) is 38.3 Å². The fourth-order valence-electron chi connectivity index (χ4n) is 3.36. The Bertz CT molecular complexity index is 1300. The highest BCUT2D eigenvalue weighted by Crippen LogP contribution is 2.29. The number of rotatable bonds is 5. The normalized spacial score (nSPS) is 15.1. The molecule has 0 radical (unpaired) electrons. The molecule has 1 aliphatic heterocycles. The SMILES string of the molecule is Cc1c(C(=O)N2CCN(S(=O)(=O)c3ccc(Cl)s3)CC2)nnn1-c1cccc([N+](=O)[O-])c1. The van der Waals surface area contributed by atoms with Gasteiger partial charge in [0.2, 0.25) is 0 Å². The second-order valence-electron chi connectivity index (χ2n) is 6.97. The minimum atomic E-state index is -3.66. The number of halogens is 1. The molecule has 4 rings (SSSR count). The van der Waals surface area contributed by atoms with Gasteiger partial charge in [-0.25, -0.2) is 13.1 Å². The number of hydrogen-bond donors (Lipinski definition) is 0. The van der Waals surface area contributed by atoms with Crippen LogP contribution in [-0.2, 0) is 10.0 Å². The lowest BCUT2D eigenvalue weighted by Crippen LogP contribution is -2.50. The third-order valence-electron chi connectivity index (χ3n) is 5.05. The molecular formula is C18H17ClN6O5S2. The maximum absolute atomic E-state index is 13.0. The number of sulfonamides is 1. The highest BCUT2D eigenvalue weighted by molar-refractivity contribution is 7.91. The van der Waals surface area contributed by atoms with Crippen molar-refractivity contribution in [2.45, 2.75) is 11.1 Å². The molecule has 0 bridgehead atoms. The van der Waals surface area contributed by atoms with Crippen LogP contribution in [0.2, 0.25) is 4.34 Å². The number of piperazine rings is 1. The van der Waals surface area contributed by atoms with Crippen LogP contribution < -0.4 is 0 Å². The predicted octanol–water partition coefficient (Wildman–Crippen LogP) is 2.35. The molecule has 0 spiro atoms. The Labute approximate surface area is 192 Å². The van der Waals surface area contributed by atoms with Gasteiger partial charge in [-0.05, 0) is 25.1 Å². The maximum atomic E-state index is 13.0. The summed E-state index contributed by atoms with van der Waals surface area (Å²) in [5, 5.41) is 19.0. The number of carbonyl (C=O) groups is 1. The number of carbonyl (C=O) groups excluding carboxylic acids is 1. The van der Waals surface area contributed by atoms with Crippen molar-refractivity contribution in [2.75, 3.05) is 26.2 Å². The molecule has 168 valence electrons. The van der Waals surface area contributed by atoms with E-state index in [4.69, 9.17) is 11.6 Å². The van der Waals surface area contributed by atoms with Gasteiger partial charge in [-0.2, -0.15) is 4.31 Å². The van der Waals surface area contributed by atoms with Crippen LogP contribution in [0, 0.1) is 17.0 Å². The molecule has 0 atom stereocenters. The zero-order chi connectivity index (χ0) is 23.0. The number of thiophene rings is 1. The number of hydrogen-bond acceptors (Lipinski definition) is 8. The molecule has 32 heavy (non-hydrogen) atoms. The summed E-state index contributed by atoms with van der Waals surface area (Å²) in [6, 6.07) is 8.86. The molecular weight excluding hydrogens is 480 g/mol. The van der Waals surface area contributed by atoms with Crippen LogP contribution >= 0.6 is 22.9 Å². The van der Waals surface area contributed by atoms with Gasteiger partial charge in [0.1, 0.15) is 4.21 Å². The van der Waals surface area contributed by atoms with E-state index >= 15 is 0 Å². The zero-order valence-corrected chi connectivity index (χ0v) is 19.1. The minimum Gasteiger partial charge on any atom is -0.335 e. The largest absolute Gasteiger partial charge is 0.335 e. The number of nitro benzene ring substituents is 1. The van der Waals surface area contributed by atoms with Crippen molar-refractivity contribution >= 4 is 44.6 Å². The summed E-state index contributed by atoms with van der Waals surface area (Å²) in [5.74, 6) is -0.379. The van der Waals surface area contributed by atoms with E-state index in [1.54, 1.807) is 13.0 Å². The zero-order valence-electron chi connectivity index (χ0n) is 16.7. The van der Waals surface area contributed by atoms with Crippen molar-refractivity contribution in [2.24, 2.45) is 0 Å². The lowest BCUT2D eigenvalue weighted by molar-refractivity contribution is -0.384. The summed E-state index contributed by atoms with van der Waals surface area (Å²) in [6.45, 7) is 2.32. The molecule has 0 N–H and O–H groups in total. The van der Waals surface area contributed by atoms with Gasteiger partial charge >= 0.3 is 0 Å². The maximum Gasteiger partial charge on any atom is 0.276 e. The van der Waals surface area contributed by atoms with Crippen LogP contribution in [0.1, 0.15) is 16.2 Å². The van der Waals surface area contributed by atoms with Crippen molar-refractivity contribution in [3.8, 4) is 5.69 Å². The molecule has 2 aromatic heterocycles. The van der Waals surface area contributed by atoms with E-state index in [-0.39, 0.29) is 47.7 Å². The summed E-state index contributed by atoms with van der Waals surface area (Å²) in [7, 11) is -3.66. The molecule has 1 aliphatic rings. The van der Waals surface area contributed by atoms with E-state index in [0.29, 0.717) is 15.7 Å². The molecule has 1 saturated heterocycles. The molecule has 3 heterocycles. The standard InChI is InChI=1S/C18H17ClN6O5S2/c1-12-17(20-21-24(12)13-3-2-4-14(11-13)25(27)28)18(26)22-7-9-23(10-8-22)32(29,30)16-6-5-15(19)31-16/h2-6,11H,7-10H2,1H3. The fraction of sp³-hybridized carbons (Fsp3) is 0.278. The Morgan fingerprint density at radius 1 is 1.19 bits per heavy atom. The number of amides is 1. The van der Waals surface area contributed by atoms with E-state index < -0.39 is 14.9 Å². The number of nitro groups is 1. The van der Waals surface area contributed by atoms with Crippen LogP contribution in [-0.4, -0.2) is 69.6 Å². The van der Waals surface area contributed by atoms with Crippen molar-refractivity contribution in [1.82, 2.24) is 24.2 Å². The van der Waals surface area contributed by atoms with Crippen LogP contribution in [0.3, 0.4) is 0 Å². The molecule has 0 unspecified atom stereocenters. The number of non-ortho nitro benzene ring substituents is 1. The fourth-order valence-corrected chi connectivity index (χ4v) is 6.41. The van der Waals surface area contributed by atoms with Gasteiger partial charge in [-0.15, -0.1) is 16.4 Å². The molecule has 0 aliphatic carbocycles. The molecule has 0 saturated carbocycles. The van der Waals surface area contributed by atoms with Crippen molar-refractivity contribution in [3.63, 3.8) is 0 Å². The van der Waals surface area contributed by atoms with Crippen LogP contribution in [0.15, 0.2) is 40.6 Å². The van der Waals surface area contributed by atoms with Crippen LogP contribution in [0.25, 0.3) is 5.69 Å². The van der Waals surface area contributed by atoms with E-state index in [0.717, 1.165) is 11.3 Å². The van der Waals surface area contributed by atoms with Crippen molar-refractivity contribution < 1.29 is 18.1 Å². The highest BCUT2D eigenvalue weighted by Gasteiger charge is 2.33. The van der Waals surface area contributed by atoms with E-state index in [1.165, 1.54) is 44.2 Å². The van der Waals surface area contributed by atoms with Gasteiger partial charge in [-0.3, -0.25) is 14.9 Å². The average Bonchev–Trinajstić information content (AvgIpc) is 3.39. The summed E-state index contributed by atoms with van der Waals surface area (Å²) < 4.78 is 28.7. The molecule has 3 aromatic rings. The Kier molecular flexibility index (Phi) is 5.99. The lowest BCUT2D eigenvalue weighted by Gasteiger charge is -2.33. The first-order chi connectivity index (χ1) is 15.2. The monoisotopic (exact) mass is 496 g/mol. The topological polar surface area (TPSA) is 132 Å². The number of nitrogens with zero attached hydrogens (tertiary/aromatic N) is 6. The predicted molar refractivity (Wildman–Crippen MR) is 117 cm³/mol. The molecule has 1 amide bonds. The summed E-state index contributed by atoms with van der Waals surface area (Å²) in [4.78, 5) is 25.0. The lowest BCUT2D eigenvalue weighted by atomic mass is 10.2. The summed E-state index contributed by atoms with van der Waals surface area (Å²) in [6.07, 6.45) is 0. The third kappa shape index (κ3) is 4.11. The molecule has 11 nitrogen and oxygen atoms in total. The highest BCUT2D eigenvalue weighted by atomic mass is 35.5. The van der Waals surface area contributed by atoms with E-state index in [1.807, 2.05) is 0 Å². The smallest absolute Gasteiger partial charge is 0.276 e. The molecule has 1 fully saturated rings. The average molecular weight is 497 g/mol. The van der Waals surface area contributed by atoms with E-state index in [2.05, 4.69) is 10.3 Å². The first-order valence-electron chi connectivity index (χ1n) is 9.40. The van der Waals surface area contributed by atoms with Gasteiger partial charge in [0.05, 0.1) is 20.6 Å². The Morgan fingerprint density at radius 2 is 1.91 bits per heavy atom. The summed E-state index contributed by atoms with van der Waals surface area (Å²) in [5.41, 5.74) is 0.847. The number of aromatic nitrogens is 3. The Hall–Kier alpha value is -2.87.